The molecule has 5 N–H and O–H groups in total. The van der Waals surface area contributed by atoms with Crippen LogP contribution in [-0.2, 0) is 49.9 Å². The topological polar surface area (TPSA) is 240 Å². The third kappa shape index (κ3) is 7.77. The Hall–Kier alpha value is -4.78. The number of nitrogens with zero attached hydrogens (tertiary/aromatic N) is 2. The summed E-state index contributed by atoms with van der Waals surface area (Å²) in [7, 11) is -3.16. The third-order valence-electron chi connectivity index (χ3n) is 7.83. The second-order valence-electron chi connectivity index (χ2n) is 11.1. The number of thioether (sulfide) groups is 1. The molecule has 2 aromatic rings. The number of aryl methyl sites for hydroxylation is 1. The van der Waals surface area contributed by atoms with Gasteiger partial charge in [0.2, 0.25) is 21.8 Å². The zero-order valence-corrected chi connectivity index (χ0v) is 28.0. The van der Waals surface area contributed by atoms with E-state index in [2.05, 4.69) is 4.72 Å². The van der Waals surface area contributed by atoms with E-state index in [0.29, 0.717) is 10.5 Å². The lowest BCUT2D eigenvalue weighted by Gasteiger charge is -2.58. The van der Waals surface area contributed by atoms with Crippen LogP contribution in [0.4, 0.5) is 4.79 Å². The largest absolute Gasteiger partial charge is 0.480 e. The van der Waals surface area contributed by atoms with Crippen LogP contribution in [0.3, 0.4) is 0 Å². The Labute approximate surface area is 285 Å². The van der Waals surface area contributed by atoms with Crippen molar-refractivity contribution < 1.29 is 56.9 Å². The number of sulfonamides is 1. The van der Waals surface area contributed by atoms with Crippen molar-refractivity contribution in [2.24, 2.45) is 5.73 Å². The van der Waals surface area contributed by atoms with E-state index in [-0.39, 0.29) is 35.5 Å². The van der Waals surface area contributed by atoms with Gasteiger partial charge in [0.05, 0.1) is 11.3 Å². The van der Waals surface area contributed by atoms with Gasteiger partial charge in [0, 0.05) is 24.9 Å². The summed E-state index contributed by atoms with van der Waals surface area (Å²) in [5.74, 6) is -5.97. The lowest BCUT2D eigenvalue weighted by molar-refractivity contribution is -0.223. The summed E-state index contributed by atoms with van der Waals surface area (Å²) in [4.78, 5) is 78.4. The van der Waals surface area contributed by atoms with Gasteiger partial charge in [-0.15, -0.1) is 11.8 Å². The van der Waals surface area contributed by atoms with Crippen molar-refractivity contribution in [3.05, 3.63) is 77.0 Å². The lowest BCUT2D eigenvalue weighted by Crippen LogP contribution is -2.82. The van der Waals surface area contributed by atoms with Gasteiger partial charge in [0.15, 0.2) is 0 Å². The number of β-lactam (4-membered cyclic amide) rings is 1. The first-order valence-corrected chi connectivity index (χ1v) is 17.3. The van der Waals surface area contributed by atoms with E-state index in [1.165, 1.54) is 12.1 Å². The van der Waals surface area contributed by atoms with Crippen molar-refractivity contribution in [2.75, 3.05) is 19.5 Å². The van der Waals surface area contributed by atoms with Crippen molar-refractivity contribution in [3.63, 3.8) is 0 Å². The van der Waals surface area contributed by atoms with Crippen molar-refractivity contribution >= 4 is 57.5 Å². The predicted molar refractivity (Wildman–Crippen MR) is 172 cm³/mol. The number of carboxylic acid groups (broad SMARTS) is 2. The van der Waals surface area contributed by atoms with Gasteiger partial charge in [-0.25, -0.2) is 22.9 Å². The summed E-state index contributed by atoms with van der Waals surface area (Å²) in [6.45, 7) is 1.24. The first kappa shape index (κ1) is 37.0. The number of rotatable bonds is 15. The molecule has 2 aromatic carbocycles. The molecular formula is C31H34N4O12S2. The molecule has 0 aromatic heterocycles. The summed E-state index contributed by atoms with van der Waals surface area (Å²) in [5.41, 5.74) is 3.54. The van der Waals surface area contributed by atoms with Gasteiger partial charge in [0.25, 0.3) is 11.6 Å². The predicted octanol–water partition coefficient (Wildman–Crippen LogP) is 1.19. The molecule has 1 saturated heterocycles. The summed E-state index contributed by atoms with van der Waals surface area (Å²) in [6, 6.07) is 12.4. The van der Waals surface area contributed by atoms with Gasteiger partial charge in [-0.2, -0.15) is 4.72 Å². The number of aliphatic carboxylic acids is 2. The number of benzene rings is 2. The Balaban J connectivity index is 1.60. The Morgan fingerprint density at radius 2 is 1.73 bits per heavy atom. The number of primary amides is 1. The summed E-state index contributed by atoms with van der Waals surface area (Å²) < 4.78 is 38.2. The number of imide groups is 1. The highest BCUT2D eigenvalue weighted by molar-refractivity contribution is 8.00. The number of carbonyl (C=O) groups is 6. The molecule has 0 saturated carbocycles. The number of carboxylic acids is 2. The monoisotopic (exact) mass is 718 g/mol. The van der Waals surface area contributed by atoms with Crippen LogP contribution in [0.2, 0.25) is 0 Å². The van der Waals surface area contributed by atoms with Crippen molar-refractivity contribution in [2.45, 2.75) is 54.6 Å². The zero-order chi connectivity index (χ0) is 36.1. The number of carbonyl (C=O) groups excluding carboxylic acids is 4. The van der Waals surface area contributed by atoms with Gasteiger partial charge in [-0.3, -0.25) is 24.1 Å². The molecule has 2 aliphatic rings. The van der Waals surface area contributed by atoms with Crippen LogP contribution < -0.4 is 10.5 Å². The normalized spacial score (nSPS) is 19.3. The van der Waals surface area contributed by atoms with Gasteiger partial charge in [-0.1, -0.05) is 48.0 Å². The number of amides is 4. The number of methoxy groups -OCH3 is 1. The molecule has 0 radical (unpaired) electrons. The lowest BCUT2D eigenvalue weighted by atomic mass is 9.94. The maximum absolute atomic E-state index is 13.9. The Bertz CT molecular complexity index is 1780. The Kier molecular flexibility index (Phi) is 11.5. The number of hydrogen-bond donors (Lipinski definition) is 4. The Morgan fingerprint density at radius 3 is 2.31 bits per heavy atom. The third-order valence-corrected chi connectivity index (χ3v) is 10.7. The highest BCUT2D eigenvalue weighted by atomic mass is 32.2. The maximum Gasteiger partial charge on any atom is 0.404 e. The fourth-order valence-corrected chi connectivity index (χ4v) is 8.14. The molecule has 16 nitrogen and oxygen atoms in total. The molecule has 262 valence electrons. The smallest absolute Gasteiger partial charge is 0.404 e. The van der Waals surface area contributed by atoms with Crippen molar-refractivity contribution in [1.82, 2.24) is 14.5 Å². The van der Waals surface area contributed by atoms with E-state index < -0.39 is 81.6 Å². The number of fused-ring (bicyclic) bond motifs is 1. The molecule has 0 bridgehead atoms. The molecule has 1 unspecified atom stereocenters. The molecule has 2 aliphatic heterocycles. The van der Waals surface area contributed by atoms with E-state index in [4.69, 9.17) is 15.2 Å². The van der Waals surface area contributed by atoms with Crippen LogP contribution in [0.1, 0.15) is 30.4 Å². The van der Waals surface area contributed by atoms with Crippen LogP contribution in [0.5, 0.6) is 0 Å². The molecule has 4 amide bonds. The standard InChI is InChI=1S/C31H34N4O12S2/c1-18-11-13-21(14-12-18)49(44,45)33-22(26(38)39)9-6-10-23(36)35(24(37)15-19-7-4-3-5-8-19)31(46-2)28(42)34-25(27(40)41)20(16-47-30(32)43)17-48-29(31)34/h3-5,7-8,11-14,22,29,33H,6,9-10,15-17H2,1-2H3,(H2,32,43)(H,38,39)(H,40,41)/t22?,29-,31-/m0/s1. The number of nitrogens with one attached hydrogen (secondary N) is 1. The Morgan fingerprint density at radius 1 is 1.08 bits per heavy atom. The van der Waals surface area contributed by atoms with E-state index >= 15 is 0 Å². The minimum Gasteiger partial charge on any atom is -0.480 e. The fraction of sp³-hybridized carbons (Fsp3) is 0.355. The molecule has 3 atom stereocenters. The van der Waals surface area contributed by atoms with E-state index in [0.717, 1.165) is 29.3 Å². The molecule has 49 heavy (non-hydrogen) atoms. The van der Waals surface area contributed by atoms with Gasteiger partial charge >= 0.3 is 18.0 Å². The first-order valence-electron chi connectivity index (χ1n) is 14.7. The summed E-state index contributed by atoms with van der Waals surface area (Å²) >= 11 is 0.963. The highest BCUT2D eigenvalue weighted by Gasteiger charge is 2.70. The molecule has 2 heterocycles. The second-order valence-corrected chi connectivity index (χ2v) is 13.9. The van der Waals surface area contributed by atoms with Gasteiger partial charge in [0.1, 0.15) is 23.7 Å². The van der Waals surface area contributed by atoms with Crippen LogP contribution >= 0.6 is 11.8 Å². The fourth-order valence-electron chi connectivity index (χ4n) is 5.46. The number of ether oxygens (including phenoxy) is 2. The minimum atomic E-state index is -4.24. The average molecular weight is 719 g/mol. The number of nitrogens with two attached hydrogens (primary N) is 1. The average Bonchev–Trinajstić information content (AvgIpc) is 3.05. The van der Waals surface area contributed by atoms with Crippen LogP contribution in [0.15, 0.2) is 70.8 Å². The van der Waals surface area contributed by atoms with Crippen LogP contribution in [-0.4, -0.2) is 101 Å². The van der Waals surface area contributed by atoms with E-state index in [1.54, 1.807) is 49.4 Å². The summed E-state index contributed by atoms with van der Waals surface area (Å²) in [5, 5.41) is 18.5. The van der Waals surface area contributed by atoms with Gasteiger partial charge < -0.3 is 25.4 Å². The molecular weight excluding hydrogens is 684 g/mol. The SMILES string of the molecule is CO[C@@]1(N(C(=O)CCCC(NS(=O)(=O)c2ccc(C)cc2)C(=O)O)C(=O)Cc2ccccc2)C(=O)N2C(C(=O)O)=C(COC(N)=O)CS[C@H]21. The highest BCUT2D eigenvalue weighted by Crippen LogP contribution is 2.50. The zero-order valence-electron chi connectivity index (χ0n) is 26.4. The van der Waals surface area contributed by atoms with Gasteiger partial charge in [-0.05, 0) is 37.5 Å². The van der Waals surface area contributed by atoms with Crippen molar-refractivity contribution in [3.8, 4) is 0 Å². The molecule has 4 rings (SSSR count). The summed E-state index contributed by atoms with van der Waals surface area (Å²) in [6.07, 6.45) is -2.62. The van der Waals surface area contributed by atoms with Crippen molar-refractivity contribution in [1.29, 1.82) is 0 Å². The second kappa shape index (κ2) is 15.2. The molecule has 1 fully saturated rings. The number of hydrogen-bond acceptors (Lipinski definition) is 11. The molecule has 0 spiro atoms. The maximum atomic E-state index is 13.9. The quantitative estimate of drug-likeness (QED) is 0.150. The minimum absolute atomic E-state index is 0.0480. The van der Waals surface area contributed by atoms with E-state index in [9.17, 15) is 47.4 Å². The van der Waals surface area contributed by atoms with Crippen LogP contribution in [0.25, 0.3) is 0 Å². The van der Waals surface area contributed by atoms with E-state index in [1.807, 2.05) is 0 Å². The molecule has 18 heteroatoms. The first-order chi connectivity index (χ1) is 23.1. The molecule has 0 aliphatic carbocycles. The van der Waals surface area contributed by atoms with Crippen LogP contribution in [0, 0.1) is 6.92 Å².